The van der Waals surface area contributed by atoms with Crippen molar-refractivity contribution < 1.29 is 32.5 Å². The molecule has 1 heterocycles. The molecule has 1 aromatic heterocycles. The van der Waals surface area contributed by atoms with Gasteiger partial charge in [-0.2, -0.15) is 13.2 Å². The monoisotopic (exact) mass is 382 g/mol. The molecule has 0 aliphatic rings. The van der Waals surface area contributed by atoms with Crippen LogP contribution in [0.25, 0.3) is 0 Å². The molecule has 1 aromatic carbocycles. The summed E-state index contributed by atoms with van der Waals surface area (Å²) in [6.45, 7) is 3.50. The number of aryl methyl sites for hydroxylation is 2. The molecule has 0 saturated heterocycles. The minimum Gasteiger partial charge on any atom is -0.464 e. The quantitative estimate of drug-likeness (QED) is 0.615. The fourth-order valence-electron chi connectivity index (χ4n) is 2.27. The van der Waals surface area contributed by atoms with Crippen LogP contribution in [0, 0.1) is 13.8 Å². The fourth-order valence-corrected chi connectivity index (χ4v) is 2.27. The van der Waals surface area contributed by atoms with E-state index in [-0.39, 0.29) is 11.4 Å². The normalized spacial score (nSPS) is 13.4. The van der Waals surface area contributed by atoms with Gasteiger partial charge >= 0.3 is 17.8 Å². The summed E-state index contributed by atoms with van der Waals surface area (Å²) in [6, 6.07) is 8.73. The number of carbonyl (C=O) groups is 2. The predicted octanol–water partition coefficient (Wildman–Crippen LogP) is 2.39. The van der Waals surface area contributed by atoms with Crippen molar-refractivity contribution in [1.29, 1.82) is 0 Å². The van der Waals surface area contributed by atoms with Gasteiger partial charge in [-0.1, -0.05) is 17.7 Å². The summed E-state index contributed by atoms with van der Waals surface area (Å²) >= 11 is 0. The van der Waals surface area contributed by atoms with Crippen molar-refractivity contribution >= 4 is 17.7 Å². The molecule has 0 spiro atoms. The van der Waals surface area contributed by atoms with Crippen molar-refractivity contribution in [2.75, 3.05) is 12.4 Å². The Labute approximate surface area is 153 Å². The van der Waals surface area contributed by atoms with Crippen LogP contribution in [0.3, 0.4) is 0 Å². The number of hydrogen-bond donors (Lipinski definition) is 2. The van der Waals surface area contributed by atoms with Gasteiger partial charge in [0.25, 0.3) is 11.7 Å². The van der Waals surface area contributed by atoms with Gasteiger partial charge in [-0.05, 0) is 37.6 Å². The number of esters is 1. The Morgan fingerprint density at radius 3 is 2.07 bits per heavy atom. The third-order valence-corrected chi connectivity index (χ3v) is 3.82. The van der Waals surface area contributed by atoms with Gasteiger partial charge in [0.15, 0.2) is 0 Å². The molecule has 0 bridgehead atoms. The van der Waals surface area contributed by atoms with Crippen molar-refractivity contribution in [3.8, 4) is 0 Å². The number of amides is 1. The second-order valence-electron chi connectivity index (χ2n) is 5.96. The number of benzene rings is 1. The zero-order chi connectivity index (χ0) is 20.2. The van der Waals surface area contributed by atoms with Gasteiger partial charge < -0.3 is 4.74 Å². The maximum Gasteiger partial charge on any atom is 0.464 e. The van der Waals surface area contributed by atoms with E-state index in [0.717, 1.165) is 18.2 Å². The lowest BCUT2D eigenvalue weighted by atomic mass is 10.1. The molecule has 0 fully saturated rings. The summed E-state index contributed by atoms with van der Waals surface area (Å²) < 4.78 is 46.1. The molecular formula is C18H19F3N3O3+. The number of halogens is 3. The van der Waals surface area contributed by atoms with Crippen LogP contribution in [0.1, 0.15) is 21.5 Å². The highest BCUT2D eigenvalue weighted by atomic mass is 19.4. The minimum absolute atomic E-state index is 0.0344. The van der Waals surface area contributed by atoms with Crippen molar-refractivity contribution in [2.45, 2.75) is 25.7 Å². The van der Waals surface area contributed by atoms with Crippen LogP contribution in [0.15, 0.2) is 42.6 Å². The standard InChI is InChI=1S/C18H18F3N3O3/c1-11-4-7-13(8-5-11)15(25)24-17(16(26)27-3,18(19,20)21)23-14-9-6-12(2)10-22-14/h4-10H,1-3H3,(H,22,23)(H,24,25)/p+1/t17-/m1/s1. The minimum atomic E-state index is -5.20. The topological polar surface area (TPSA) is 81.6 Å². The zero-order valence-corrected chi connectivity index (χ0v) is 14.9. The Bertz CT molecular complexity index is 820. The number of nitrogens with one attached hydrogen (secondary N) is 3. The number of aromatic amines is 1. The highest BCUT2D eigenvalue weighted by Crippen LogP contribution is 2.32. The van der Waals surface area contributed by atoms with Crippen molar-refractivity contribution in [1.82, 2.24) is 5.32 Å². The summed E-state index contributed by atoms with van der Waals surface area (Å²) in [4.78, 5) is 27.1. The first-order chi connectivity index (χ1) is 12.6. The predicted molar refractivity (Wildman–Crippen MR) is 90.8 cm³/mol. The number of alkyl halides is 3. The van der Waals surface area contributed by atoms with E-state index in [2.05, 4.69) is 9.72 Å². The molecule has 144 valence electrons. The van der Waals surface area contributed by atoms with Crippen LogP contribution in [0.2, 0.25) is 0 Å². The van der Waals surface area contributed by atoms with Gasteiger partial charge in [0.1, 0.15) is 0 Å². The SMILES string of the molecule is COC(=O)[C@](NC(=O)c1ccc(C)cc1)(Nc1ccc(C)c[nH+]1)C(F)(F)F. The van der Waals surface area contributed by atoms with Crippen LogP contribution < -0.4 is 15.6 Å². The van der Waals surface area contributed by atoms with Gasteiger partial charge in [0.2, 0.25) is 0 Å². The van der Waals surface area contributed by atoms with Crippen molar-refractivity contribution in [3.05, 3.63) is 59.3 Å². The largest absolute Gasteiger partial charge is 0.464 e. The average molecular weight is 382 g/mol. The molecule has 1 amide bonds. The van der Waals surface area contributed by atoms with E-state index >= 15 is 0 Å². The van der Waals surface area contributed by atoms with Crippen LogP contribution in [0.5, 0.6) is 0 Å². The highest BCUT2D eigenvalue weighted by molar-refractivity contribution is 5.99. The highest BCUT2D eigenvalue weighted by Gasteiger charge is 2.67. The molecule has 2 aromatic rings. The van der Waals surface area contributed by atoms with E-state index in [0.29, 0.717) is 0 Å². The number of methoxy groups -OCH3 is 1. The van der Waals surface area contributed by atoms with E-state index in [1.807, 2.05) is 5.32 Å². The third-order valence-electron chi connectivity index (χ3n) is 3.82. The Hall–Kier alpha value is -3.10. The van der Waals surface area contributed by atoms with Gasteiger partial charge in [-0.25, -0.2) is 15.1 Å². The number of H-pyrrole nitrogens is 1. The molecule has 27 heavy (non-hydrogen) atoms. The first-order valence-corrected chi connectivity index (χ1v) is 7.90. The molecule has 3 N–H and O–H groups in total. The van der Waals surface area contributed by atoms with Gasteiger partial charge in [-0.15, -0.1) is 0 Å². The van der Waals surface area contributed by atoms with E-state index in [4.69, 9.17) is 0 Å². The summed E-state index contributed by atoms with van der Waals surface area (Å²) in [6.07, 6.45) is -3.75. The summed E-state index contributed by atoms with van der Waals surface area (Å²) in [7, 11) is 0.807. The summed E-state index contributed by atoms with van der Waals surface area (Å²) in [5.74, 6) is -2.92. The lowest BCUT2D eigenvalue weighted by Crippen LogP contribution is -2.69. The zero-order valence-electron chi connectivity index (χ0n) is 14.9. The van der Waals surface area contributed by atoms with E-state index < -0.39 is 23.7 Å². The van der Waals surface area contributed by atoms with Crippen LogP contribution in [0.4, 0.5) is 19.0 Å². The Morgan fingerprint density at radius 1 is 1.00 bits per heavy atom. The lowest BCUT2D eigenvalue weighted by Gasteiger charge is -2.30. The van der Waals surface area contributed by atoms with Crippen LogP contribution >= 0.6 is 0 Å². The molecule has 0 aliphatic heterocycles. The molecule has 0 saturated carbocycles. The summed E-state index contributed by atoms with van der Waals surface area (Å²) in [5, 5.41) is 3.79. The third kappa shape index (κ3) is 4.36. The van der Waals surface area contributed by atoms with Gasteiger partial charge in [-0.3, -0.25) is 10.1 Å². The molecule has 0 unspecified atom stereocenters. The first kappa shape index (κ1) is 20.2. The molecule has 9 heteroatoms. The number of hydrogen-bond acceptors (Lipinski definition) is 4. The van der Waals surface area contributed by atoms with Crippen LogP contribution in [-0.2, 0) is 9.53 Å². The van der Waals surface area contributed by atoms with E-state index in [1.54, 1.807) is 37.4 Å². The fraction of sp³-hybridized carbons (Fsp3) is 0.278. The van der Waals surface area contributed by atoms with Crippen LogP contribution in [-0.4, -0.2) is 30.8 Å². The second-order valence-corrected chi connectivity index (χ2v) is 5.96. The molecule has 0 radical (unpaired) electrons. The number of aromatic nitrogens is 1. The molecule has 2 rings (SSSR count). The Kier molecular flexibility index (Phi) is 5.72. The Morgan fingerprint density at radius 2 is 1.59 bits per heavy atom. The number of pyridine rings is 1. The van der Waals surface area contributed by atoms with Crippen molar-refractivity contribution in [2.24, 2.45) is 0 Å². The van der Waals surface area contributed by atoms with E-state index in [1.165, 1.54) is 24.4 Å². The smallest absolute Gasteiger partial charge is 0.464 e. The average Bonchev–Trinajstić information content (AvgIpc) is 2.61. The first-order valence-electron chi connectivity index (χ1n) is 7.90. The van der Waals surface area contributed by atoms with E-state index in [9.17, 15) is 22.8 Å². The molecule has 0 aliphatic carbocycles. The number of rotatable bonds is 5. The second kappa shape index (κ2) is 7.65. The summed E-state index contributed by atoms with van der Waals surface area (Å²) in [5.41, 5.74) is -1.92. The van der Waals surface area contributed by atoms with Gasteiger partial charge in [0.05, 0.1) is 13.3 Å². The maximum atomic E-state index is 13.9. The Balaban J connectivity index is 2.46. The van der Waals surface area contributed by atoms with Gasteiger partial charge in [0, 0.05) is 11.6 Å². The number of ether oxygens (including phenoxy) is 1. The molecular weight excluding hydrogens is 363 g/mol. The van der Waals surface area contributed by atoms with Crippen molar-refractivity contribution in [3.63, 3.8) is 0 Å². The lowest BCUT2D eigenvalue weighted by molar-refractivity contribution is -0.363. The maximum absolute atomic E-state index is 13.9. The molecule has 6 nitrogen and oxygen atoms in total. The number of carbonyl (C=O) groups excluding carboxylic acids is 2. The number of anilines is 1. The molecule has 1 atom stereocenters.